The Bertz CT molecular complexity index is 1620. The number of benzene rings is 3. The van der Waals surface area contributed by atoms with E-state index >= 15 is 0 Å². The first kappa shape index (κ1) is 32.6. The molecule has 0 radical (unpaired) electrons. The molecule has 11 heteroatoms. The summed E-state index contributed by atoms with van der Waals surface area (Å²) in [6.07, 6.45) is 1.59. The highest BCUT2D eigenvalue weighted by Crippen LogP contribution is 2.35. The van der Waals surface area contributed by atoms with Crippen molar-refractivity contribution >= 4 is 52.2 Å². The standard InChI is InChI=1S/C35H38N4O6S/c1-4-44-30-20-25(14-15-29(30)45-23-32(40)36-28-13-9-8-12-27(28)24(2)3)21-31-34(42)39(35(43)46-31)22-33(41)38-18-16-37(17-19-38)26-10-6-5-7-11-26/h5-15,20-21,24H,4,16-19,22-23H2,1-3H3,(H,36,40)/b31-21+. The highest BCUT2D eigenvalue weighted by atomic mass is 32.2. The molecular formula is C35H38N4O6S. The highest BCUT2D eigenvalue weighted by molar-refractivity contribution is 8.18. The number of anilines is 2. The number of amides is 4. The summed E-state index contributed by atoms with van der Waals surface area (Å²) in [6, 6.07) is 22.7. The summed E-state index contributed by atoms with van der Waals surface area (Å²) >= 11 is 0.799. The van der Waals surface area contributed by atoms with Gasteiger partial charge in [-0.1, -0.05) is 56.3 Å². The number of carbonyl (C=O) groups is 4. The van der Waals surface area contributed by atoms with Crippen molar-refractivity contribution in [2.45, 2.75) is 26.7 Å². The van der Waals surface area contributed by atoms with E-state index in [1.807, 2.05) is 61.5 Å². The fourth-order valence-corrected chi connectivity index (χ4v) is 6.16. The zero-order valence-electron chi connectivity index (χ0n) is 26.2. The molecule has 2 aliphatic heterocycles. The number of nitrogens with zero attached hydrogens (tertiary/aromatic N) is 3. The highest BCUT2D eigenvalue weighted by Gasteiger charge is 2.37. The second kappa shape index (κ2) is 15.0. The number of nitrogens with one attached hydrogen (secondary N) is 1. The van der Waals surface area contributed by atoms with Gasteiger partial charge in [-0.25, -0.2) is 0 Å². The number of hydrogen-bond donors (Lipinski definition) is 1. The number of imide groups is 1. The van der Waals surface area contributed by atoms with Crippen LogP contribution in [0, 0.1) is 0 Å². The monoisotopic (exact) mass is 642 g/mol. The van der Waals surface area contributed by atoms with Crippen LogP contribution < -0.4 is 19.7 Å². The molecule has 2 saturated heterocycles. The number of hydrogen-bond acceptors (Lipinski definition) is 8. The van der Waals surface area contributed by atoms with E-state index in [2.05, 4.69) is 24.1 Å². The normalized spacial score (nSPS) is 15.9. The Kier molecular flexibility index (Phi) is 10.6. The number of rotatable bonds is 11. The Hall–Kier alpha value is -4.77. The average Bonchev–Trinajstić information content (AvgIpc) is 3.32. The van der Waals surface area contributed by atoms with Gasteiger partial charge >= 0.3 is 0 Å². The second-order valence-corrected chi connectivity index (χ2v) is 12.2. The van der Waals surface area contributed by atoms with E-state index in [0.717, 1.165) is 33.6 Å². The first-order valence-electron chi connectivity index (χ1n) is 15.3. The molecule has 46 heavy (non-hydrogen) atoms. The van der Waals surface area contributed by atoms with Crippen molar-refractivity contribution in [2.24, 2.45) is 0 Å². The molecule has 2 fully saturated rings. The largest absolute Gasteiger partial charge is 0.490 e. The Morgan fingerprint density at radius 2 is 1.63 bits per heavy atom. The molecule has 0 aliphatic carbocycles. The first-order valence-corrected chi connectivity index (χ1v) is 16.2. The van der Waals surface area contributed by atoms with Crippen molar-refractivity contribution in [3.8, 4) is 11.5 Å². The summed E-state index contributed by atoms with van der Waals surface area (Å²) in [7, 11) is 0. The molecule has 0 aromatic heterocycles. The zero-order valence-corrected chi connectivity index (χ0v) is 27.0. The van der Waals surface area contributed by atoms with Crippen LogP contribution in [0.2, 0.25) is 0 Å². The van der Waals surface area contributed by atoms with Gasteiger partial charge in [-0.2, -0.15) is 0 Å². The molecule has 2 aliphatic rings. The lowest BCUT2D eigenvalue weighted by molar-refractivity contribution is -0.136. The summed E-state index contributed by atoms with van der Waals surface area (Å²) in [4.78, 5) is 56.8. The molecule has 3 aromatic carbocycles. The minimum absolute atomic E-state index is 0.214. The molecular weight excluding hydrogens is 604 g/mol. The van der Waals surface area contributed by atoms with Crippen molar-refractivity contribution in [2.75, 3.05) is 56.2 Å². The van der Waals surface area contributed by atoms with Crippen molar-refractivity contribution in [3.05, 3.63) is 88.8 Å². The van der Waals surface area contributed by atoms with Crippen molar-refractivity contribution in [3.63, 3.8) is 0 Å². The van der Waals surface area contributed by atoms with E-state index in [1.165, 1.54) is 0 Å². The SMILES string of the molecule is CCOc1cc(/C=C2/SC(=O)N(CC(=O)N3CCN(c4ccccc4)CC3)C2=O)ccc1OCC(=O)Nc1ccccc1C(C)C. The summed E-state index contributed by atoms with van der Waals surface area (Å²) < 4.78 is 11.6. The van der Waals surface area contributed by atoms with E-state index in [4.69, 9.17) is 9.47 Å². The van der Waals surface area contributed by atoms with Gasteiger partial charge in [0.25, 0.3) is 17.1 Å². The van der Waals surface area contributed by atoms with Crippen LogP contribution in [-0.4, -0.2) is 78.7 Å². The molecule has 240 valence electrons. The predicted molar refractivity (Wildman–Crippen MR) is 180 cm³/mol. The van der Waals surface area contributed by atoms with Gasteiger partial charge in [-0.05, 0) is 72.1 Å². The summed E-state index contributed by atoms with van der Waals surface area (Å²) in [5.41, 5.74) is 3.49. The Balaban J connectivity index is 1.19. The van der Waals surface area contributed by atoms with Gasteiger partial charge < -0.3 is 24.6 Å². The fourth-order valence-electron chi connectivity index (χ4n) is 5.32. The maximum atomic E-state index is 13.2. The number of carbonyl (C=O) groups excluding carboxylic acids is 4. The lowest BCUT2D eigenvalue weighted by Crippen LogP contribution is -2.51. The Morgan fingerprint density at radius 1 is 0.913 bits per heavy atom. The van der Waals surface area contributed by atoms with E-state index in [9.17, 15) is 19.2 Å². The Morgan fingerprint density at radius 3 is 2.35 bits per heavy atom. The smallest absolute Gasteiger partial charge is 0.294 e. The van der Waals surface area contributed by atoms with Crippen molar-refractivity contribution in [1.82, 2.24) is 9.80 Å². The van der Waals surface area contributed by atoms with Crippen LogP contribution in [-0.2, 0) is 14.4 Å². The van der Waals surface area contributed by atoms with E-state index in [-0.39, 0.29) is 35.8 Å². The zero-order chi connectivity index (χ0) is 32.6. The summed E-state index contributed by atoms with van der Waals surface area (Å²) in [6.45, 7) is 8.17. The average molecular weight is 643 g/mol. The maximum absolute atomic E-state index is 13.2. The molecule has 0 saturated carbocycles. The summed E-state index contributed by atoms with van der Waals surface area (Å²) in [5, 5.41) is 2.43. The summed E-state index contributed by atoms with van der Waals surface area (Å²) in [5.74, 6) is -0.0530. The lowest BCUT2D eigenvalue weighted by atomic mass is 10.0. The van der Waals surface area contributed by atoms with Gasteiger partial charge in [0.1, 0.15) is 6.54 Å². The van der Waals surface area contributed by atoms with Crippen LogP contribution in [0.5, 0.6) is 11.5 Å². The molecule has 0 spiro atoms. The molecule has 10 nitrogen and oxygen atoms in total. The number of ether oxygens (including phenoxy) is 2. The molecule has 0 atom stereocenters. The topological polar surface area (TPSA) is 108 Å². The van der Waals surface area contributed by atoms with Gasteiger partial charge in [0.15, 0.2) is 18.1 Å². The van der Waals surface area contributed by atoms with Gasteiger partial charge in [0, 0.05) is 37.6 Å². The minimum atomic E-state index is -0.511. The molecule has 0 bridgehead atoms. The van der Waals surface area contributed by atoms with Crippen molar-refractivity contribution < 1.29 is 28.7 Å². The number of para-hydroxylation sites is 2. The van der Waals surface area contributed by atoms with Crippen LogP contribution in [0.25, 0.3) is 6.08 Å². The molecule has 2 heterocycles. The van der Waals surface area contributed by atoms with Crippen LogP contribution in [0.1, 0.15) is 37.8 Å². The van der Waals surface area contributed by atoms with E-state index in [1.54, 1.807) is 29.2 Å². The fraction of sp³-hybridized carbons (Fsp3) is 0.314. The minimum Gasteiger partial charge on any atom is -0.490 e. The van der Waals surface area contributed by atoms with E-state index in [0.29, 0.717) is 49.8 Å². The predicted octanol–water partition coefficient (Wildman–Crippen LogP) is 5.61. The van der Waals surface area contributed by atoms with Gasteiger partial charge in [0.2, 0.25) is 5.91 Å². The van der Waals surface area contributed by atoms with Crippen molar-refractivity contribution in [1.29, 1.82) is 0 Å². The number of piperazine rings is 1. The van der Waals surface area contributed by atoms with Crippen LogP contribution in [0.15, 0.2) is 77.7 Å². The number of thioether (sulfide) groups is 1. The third kappa shape index (κ3) is 7.89. The molecule has 1 N–H and O–H groups in total. The van der Waals surface area contributed by atoms with E-state index < -0.39 is 11.1 Å². The van der Waals surface area contributed by atoms with Crippen LogP contribution in [0.3, 0.4) is 0 Å². The second-order valence-electron chi connectivity index (χ2n) is 11.2. The van der Waals surface area contributed by atoms with Gasteiger partial charge in [-0.15, -0.1) is 0 Å². The maximum Gasteiger partial charge on any atom is 0.294 e. The van der Waals surface area contributed by atoms with Crippen LogP contribution in [0.4, 0.5) is 16.2 Å². The molecule has 3 aromatic rings. The third-order valence-electron chi connectivity index (χ3n) is 7.70. The molecule has 4 amide bonds. The molecule has 0 unspecified atom stereocenters. The van der Waals surface area contributed by atoms with Gasteiger partial charge in [-0.3, -0.25) is 24.1 Å². The van der Waals surface area contributed by atoms with Gasteiger partial charge in [0.05, 0.1) is 11.5 Å². The molecule has 5 rings (SSSR count). The quantitative estimate of drug-likeness (QED) is 0.269. The first-order chi connectivity index (χ1) is 22.2. The lowest BCUT2D eigenvalue weighted by Gasteiger charge is -2.36. The Labute approximate surface area is 273 Å². The van der Waals surface area contributed by atoms with Crippen LogP contribution >= 0.6 is 11.8 Å². The third-order valence-corrected chi connectivity index (χ3v) is 8.61.